The Hall–Kier alpha value is -0.180. The van der Waals surface area contributed by atoms with Crippen molar-refractivity contribution in [1.82, 2.24) is 4.31 Å². The molecule has 15 heavy (non-hydrogen) atoms. The van der Waals surface area contributed by atoms with Gasteiger partial charge in [0.1, 0.15) is 0 Å². The van der Waals surface area contributed by atoms with E-state index < -0.39 is 24.6 Å². The third-order valence-corrected chi connectivity index (χ3v) is 6.94. The Kier molecular flexibility index (Phi) is 3.75. The third-order valence-electron chi connectivity index (χ3n) is 2.56. The van der Waals surface area contributed by atoms with Crippen molar-refractivity contribution in [1.29, 1.82) is 0 Å². The minimum atomic E-state index is -4.04. The first-order valence-electron chi connectivity index (χ1n) is 4.77. The smallest absolute Gasteiger partial charge is 0.228 e. The zero-order valence-electron chi connectivity index (χ0n) is 8.59. The lowest BCUT2D eigenvalue weighted by atomic mass is 10.2. The molecule has 0 spiro atoms. The molecule has 0 radical (unpaired) electrons. The maximum absolute atomic E-state index is 11.8. The highest BCUT2D eigenvalue weighted by atomic mass is 32.3. The molecule has 1 aliphatic heterocycles. The number of sulfonamides is 2. The van der Waals surface area contributed by atoms with Gasteiger partial charge < -0.3 is 0 Å². The van der Waals surface area contributed by atoms with Crippen LogP contribution in [0, 0.1) is 0 Å². The molecule has 1 heterocycles. The lowest BCUT2D eigenvalue weighted by molar-refractivity contribution is 0.345. The SMILES string of the molecule is CC(S(N)(=O)=O)S(=O)(=O)N1CCCCC1. The summed E-state index contributed by atoms with van der Waals surface area (Å²) < 4.78 is 45.2. The molecule has 1 rings (SSSR count). The van der Waals surface area contributed by atoms with Crippen LogP contribution in [0.5, 0.6) is 0 Å². The van der Waals surface area contributed by atoms with E-state index in [1.54, 1.807) is 0 Å². The fourth-order valence-electron chi connectivity index (χ4n) is 1.50. The van der Waals surface area contributed by atoms with Crippen molar-refractivity contribution in [3.05, 3.63) is 0 Å². The van der Waals surface area contributed by atoms with Crippen LogP contribution in [-0.4, -0.2) is 38.8 Å². The molecule has 1 fully saturated rings. The molecule has 0 aromatic heterocycles. The normalized spacial score (nSPS) is 22.5. The maximum Gasteiger partial charge on any atom is 0.232 e. The van der Waals surface area contributed by atoms with Gasteiger partial charge in [-0.2, -0.15) is 0 Å². The highest BCUT2D eigenvalue weighted by molar-refractivity contribution is 8.06. The lowest BCUT2D eigenvalue weighted by Gasteiger charge is -2.27. The molecule has 8 heteroatoms. The first-order chi connectivity index (χ1) is 6.76. The first-order valence-corrected chi connectivity index (χ1v) is 7.88. The summed E-state index contributed by atoms with van der Waals surface area (Å²) in [7, 11) is -7.84. The van der Waals surface area contributed by atoms with Crippen LogP contribution in [0.4, 0.5) is 0 Å². The highest BCUT2D eigenvalue weighted by Gasteiger charge is 2.36. The van der Waals surface area contributed by atoms with Gasteiger partial charge in [-0.15, -0.1) is 0 Å². The second-order valence-corrected chi connectivity index (χ2v) is 8.10. The second kappa shape index (κ2) is 4.36. The van der Waals surface area contributed by atoms with Gasteiger partial charge in [-0.1, -0.05) is 6.42 Å². The van der Waals surface area contributed by atoms with Crippen LogP contribution >= 0.6 is 0 Å². The van der Waals surface area contributed by atoms with Gasteiger partial charge in [0.2, 0.25) is 20.0 Å². The summed E-state index contributed by atoms with van der Waals surface area (Å²) >= 11 is 0. The van der Waals surface area contributed by atoms with Crippen molar-refractivity contribution >= 4 is 20.0 Å². The van der Waals surface area contributed by atoms with Crippen LogP contribution in [0.25, 0.3) is 0 Å². The molecule has 90 valence electrons. The van der Waals surface area contributed by atoms with E-state index >= 15 is 0 Å². The molecule has 0 aliphatic carbocycles. The molecule has 1 unspecified atom stereocenters. The summed E-state index contributed by atoms with van der Waals surface area (Å²) in [4.78, 5) is 0. The topological polar surface area (TPSA) is 97.5 Å². The first kappa shape index (κ1) is 12.9. The predicted octanol–water partition coefficient (Wildman–Crippen LogP) is -0.563. The quantitative estimate of drug-likeness (QED) is 0.731. The average Bonchev–Trinajstić information content (AvgIpc) is 2.16. The van der Waals surface area contributed by atoms with E-state index in [0.717, 1.165) is 26.2 Å². The van der Waals surface area contributed by atoms with Crippen LogP contribution in [-0.2, 0) is 20.0 Å². The molecular weight excluding hydrogens is 240 g/mol. The molecule has 0 aromatic carbocycles. The molecule has 2 N–H and O–H groups in total. The Bertz CT molecular complexity index is 408. The zero-order valence-corrected chi connectivity index (χ0v) is 10.2. The van der Waals surface area contributed by atoms with E-state index in [1.807, 2.05) is 0 Å². The molecule has 0 bridgehead atoms. The number of primary sulfonamides is 1. The van der Waals surface area contributed by atoms with Crippen LogP contribution in [0.2, 0.25) is 0 Å². The molecule has 0 amide bonds. The molecule has 0 saturated carbocycles. The van der Waals surface area contributed by atoms with Crippen molar-refractivity contribution in [2.45, 2.75) is 30.8 Å². The van der Waals surface area contributed by atoms with Crippen LogP contribution in [0.3, 0.4) is 0 Å². The van der Waals surface area contributed by atoms with E-state index in [9.17, 15) is 16.8 Å². The van der Waals surface area contributed by atoms with Crippen LogP contribution < -0.4 is 5.14 Å². The van der Waals surface area contributed by atoms with E-state index in [4.69, 9.17) is 5.14 Å². The summed E-state index contributed by atoms with van der Waals surface area (Å²) in [5.41, 5.74) is 0. The molecule has 1 aliphatic rings. The van der Waals surface area contributed by atoms with Gasteiger partial charge in [0.25, 0.3) is 0 Å². The summed E-state index contributed by atoms with van der Waals surface area (Å²) in [5, 5.41) is 4.84. The largest absolute Gasteiger partial charge is 0.232 e. The van der Waals surface area contributed by atoms with Crippen molar-refractivity contribution < 1.29 is 16.8 Å². The minimum Gasteiger partial charge on any atom is -0.228 e. The van der Waals surface area contributed by atoms with Gasteiger partial charge in [0.05, 0.1) is 0 Å². The van der Waals surface area contributed by atoms with Gasteiger partial charge in [-0.05, 0) is 19.8 Å². The molecule has 1 atom stereocenters. The Balaban J connectivity index is 2.91. The zero-order chi connectivity index (χ0) is 11.7. The van der Waals surface area contributed by atoms with E-state index in [1.165, 1.54) is 4.31 Å². The Morgan fingerprint density at radius 3 is 1.93 bits per heavy atom. The fraction of sp³-hybridized carbons (Fsp3) is 1.00. The number of nitrogens with zero attached hydrogens (tertiary/aromatic N) is 1. The number of nitrogens with two attached hydrogens (primary N) is 1. The number of piperidine rings is 1. The average molecular weight is 256 g/mol. The van der Waals surface area contributed by atoms with Gasteiger partial charge in [-0.25, -0.2) is 26.3 Å². The van der Waals surface area contributed by atoms with Gasteiger partial charge in [0, 0.05) is 13.1 Å². The Morgan fingerprint density at radius 2 is 1.53 bits per heavy atom. The minimum absolute atomic E-state index is 0.391. The van der Waals surface area contributed by atoms with Crippen LogP contribution in [0.1, 0.15) is 26.2 Å². The Labute approximate surface area is 90.5 Å². The standard InChI is InChI=1S/C7H16N2O4S2/c1-7(14(8,10)11)15(12,13)9-5-3-2-4-6-9/h7H,2-6H2,1H3,(H2,8,10,11). The van der Waals surface area contributed by atoms with E-state index in [0.29, 0.717) is 13.1 Å². The molecule has 0 aromatic rings. The number of hydrogen-bond donors (Lipinski definition) is 1. The summed E-state index contributed by atoms with van der Waals surface area (Å²) in [6, 6.07) is 0. The van der Waals surface area contributed by atoms with Gasteiger partial charge >= 0.3 is 0 Å². The van der Waals surface area contributed by atoms with Gasteiger partial charge in [-0.3, -0.25) is 0 Å². The summed E-state index contributed by atoms with van der Waals surface area (Å²) in [6.07, 6.45) is 2.53. The summed E-state index contributed by atoms with van der Waals surface area (Å²) in [6.45, 7) is 1.89. The fourth-order valence-corrected chi connectivity index (χ4v) is 4.41. The predicted molar refractivity (Wildman–Crippen MR) is 56.9 cm³/mol. The highest BCUT2D eigenvalue weighted by Crippen LogP contribution is 2.18. The number of rotatable bonds is 3. The second-order valence-electron chi connectivity index (χ2n) is 3.66. The molecular formula is C7H16N2O4S2. The van der Waals surface area contributed by atoms with E-state index in [2.05, 4.69) is 0 Å². The summed E-state index contributed by atoms with van der Waals surface area (Å²) in [5.74, 6) is 0. The van der Waals surface area contributed by atoms with Crippen molar-refractivity contribution in [3.63, 3.8) is 0 Å². The number of hydrogen-bond acceptors (Lipinski definition) is 4. The molecule has 1 saturated heterocycles. The van der Waals surface area contributed by atoms with Crippen molar-refractivity contribution in [2.75, 3.05) is 13.1 Å². The third kappa shape index (κ3) is 2.90. The monoisotopic (exact) mass is 256 g/mol. The van der Waals surface area contributed by atoms with E-state index in [-0.39, 0.29) is 0 Å². The van der Waals surface area contributed by atoms with Crippen molar-refractivity contribution in [2.24, 2.45) is 5.14 Å². The van der Waals surface area contributed by atoms with Crippen molar-refractivity contribution in [3.8, 4) is 0 Å². The van der Waals surface area contributed by atoms with Crippen LogP contribution in [0.15, 0.2) is 0 Å². The maximum atomic E-state index is 11.8. The lowest BCUT2D eigenvalue weighted by Crippen LogP contribution is -2.45. The Morgan fingerprint density at radius 1 is 1.07 bits per heavy atom. The van der Waals surface area contributed by atoms with Gasteiger partial charge in [0.15, 0.2) is 4.58 Å². The molecule has 6 nitrogen and oxygen atoms in total.